The molecule has 0 saturated carbocycles. The van der Waals surface area contributed by atoms with Crippen molar-refractivity contribution >= 4 is 46.6 Å². The van der Waals surface area contributed by atoms with Gasteiger partial charge in [-0.1, -0.05) is 29.3 Å². The number of carbonyl (C=O) groups is 2. The summed E-state index contributed by atoms with van der Waals surface area (Å²) in [4.78, 5) is 23.1. The SMILES string of the molecule is CN(C)CCCOc1cccc(NC(=O)Nc2ccc(Cl)c(Cl)c2)c1.O=C(O)C(F)(F)F. The van der Waals surface area contributed by atoms with Gasteiger partial charge in [0, 0.05) is 24.0 Å². The predicted molar refractivity (Wildman–Crippen MR) is 118 cm³/mol. The first kappa shape index (κ1) is 27.3. The van der Waals surface area contributed by atoms with E-state index in [4.69, 9.17) is 37.8 Å². The predicted octanol–water partition coefficient (Wildman–Crippen LogP) is 5.60. The Labute approximate surface area is 193 Å². The molecule has 2 amide bonds. The number of aliphatic carboxylic acids is 1. The molecule has 0 fully saturated rings. The van der Waals surface area contributed by atoms with E-state index in [9.17, 15) is 18.0 Å². The fraction of sp³-hybridized carbons (Fsp3) is 0.300. The number of amides is 2. The van der Waals surface area contributed by atoms with Crippen molar-refractivity contribution in [3.8, 4) is 5.75 Å². The van der Waals surface area contributed by atoms with Crippen LogP contribution in [0.15, 0.2) is 42.5 Å². The van der Waals surface area contributed by atoms with Crippen LogP contribution in [-0.2, 0) is 4.79 Å². The Hall–Kier alpha value is -2.69. The van der Waals surface area contributed by atoms with Crippen molar-refractivity contribution in [3.05, 3.63) is 52.5 Å². The molecule has 0 spiro atoms. The molecule has 0 aliphatic heterocycles. The maximum Gasteiger partial charge on any atom is 0.490 e. The van der Waals surface area contributed by atoms with Crippen LogP contribution in [0.5, 0.6) is 5.75 Å². The number of urea groups is 1. The lowest BCUT2D eigenvalue weighted by Gasteiger charge is -2.12. The first-order valence-corrected chi connectivity index (χ1v) is 9.85. The third-order valence-corrected chi connectivity index (χ3v) is 4.27. The molecule has 0 atom stereocenters. The Morgan fingerprint density at radius 2 is 1.62 bits per heavy atom. The van der Waals surface area contributed by atoms with Crippen molar-refractivity contribution in [3.63, 3.8) is 0 Å². The number of ether oxygens (including phenoxy) is 1. The molecule has 2 aromatic rings. The number of nitrogens with one attached hydrogen (secondary N) is 2. The van der Waals surface area contributed by atoms with Gasteiger partial charge >= 0.3 is 18.2 Å². The molecule has 0 radical (unpaired) electrons. The molecule has 0 aliphatic carbocycles. The maximum atomic E-state index is 12.1. The summed E-state index contributed by atoms with van der Waals surface area (Å²) in [5, 5.41) is 13.4. The van der Waals surface area contributed by atoms with Gasteiger partial charge in [-0.3, -0.25) is 0 Å². The molecule has 0 unspecified atom stereocenters. The molecule has 0 bridgehead atoms. The molecule has 7 nitrogen and oxygen atoms in total. The lowest BCUT2D eigenvalue weighted by Crippen LogP contribution is -2.21. The summed E-state index contributed by atoms with van der Waals surface area (Å²) in [6.45, 7) is 1.58. The molecule has 2 aromatic carbocycles. The number of hydrogen-bond acceptors (Lipinski definition) is 4. The van der Waals surface area contributed by atoms with Crippen molar-refractivity contribution < 1.29 is 32.6 Å². The largest absolute Gasteiger partial charge is 0.493 e. The van der Waals surface area contributed by atoms with Gasteiger partial charge in [0.25, 0.3) is 0 Å². The molecule has 32 heavy (non-hydrogen) atoms. The van der Waals surface area contributed by atoms with Crippen molar-refractivity contribution in [2.75, 3.05) is 37.9 Å². The van der Waals surface area contributed by atoms with E-state index in [-0.39, 0.29) is 6.03 Å². The normalized spacial score (nSPS) is 10.8. The smallest absolute Gasteiger partial charge is 0.490 e. The molecule has 12 heteroatoms. The monoisotopic (exact) mass is 495 g/mol. The fourth-order valence-corrected chi connectivity index (χ4v) is 2.40. The van der Waals surface area contributed by atoms with E-state index >= 15 is 0 Å². The van der Waals surface area contributed by atoms with Gasteiger partial charge < -0.3 is 25.4 Å². The van der Waals surface area contributed by atoms with E-state index in [1.807, 2.05) is 26.2 Å². The maximum absolute atomic E-state index is 12.1. The minimum atomic E-state index is -5.08. The molecule has 0 heterocycles. The zero-order chi connectivity index (χ0) is 24.3. The third-order valence-electron chi connectivity index (χ3n) is 3.53. The second kappa shape index (κ2) is 13.0. The number of carboxylic acids is 1. The summed E-state index contributed by atoms with van der Waals surface area (Å²) in [6, 6.07) is 11.8. The Morgan fingerprint density at radius 3 is 2.16 bits per heavy atom. The standard InChI is InChI=1S/C18H21Cl2N3O2.C2HF3O2/c1-23(2)9-4-10-25-15-6-3-5-13(11-15)21-18(24)22-14-7-8-16(19)17(20)12-14;3-2(4,5)1(6)7/h3,5-8,11-12H,4,9-10H2,1-2H3,(H2,21,22,24);(H,6,7). The van der Waals surface area contributed by atoms with Crippen LogP contribution >= 0.6 is 23.2 Å². The van der Waals surface area contributed by atoms with Crippen molar-refractivity contribution in [2.24, 2.45) is 0 Å². The highest BCUT2D eigenvalue weighted by Crippen LogP contribution is 2.25. The minimum Gasteiger partial charge on any atom is -0.493 e. The number of rotatable bonds is 7. The van der Waals surface area contributed by atoms with Crippen LogP contribution < -0.4 is 15.4 Å². The summed E-state index contributed by atoms with van der Waals surface area (Å²) < 4.78 is 37.4. The van der Waals surface area contributed by atoms with E-state index in [1.165, 1.54) is 0 Å². The fourth-order valence-electron chi connectivity index (χ4n) is 2.10. The van der Waals surface area contributed by atoms with Crippen molar-refractivity contribution in [1.29, 1.82) is 0 Å². The molecular formula is C20H22Cl2F3N3O4. The van der Waals surface area contributed by atoms with Gasteiger partial charge in [-0.2, -0.15) is 13.2 Å². The summed E-state index contributed by atoms with van der Waals surface area (Å²) in [5.74, 6) is -2.04. The van der Waals surface area contributed by atoms with Gasteiger partial charge in [0.05, 0.1) is 16.7 Å². The number of halogens is 5. The van der Waals surface area contributed by atoms with Crippen LogP contribution in [0, 0.1) is 0 Å². The summed E-state index contributed by atoms with van der Waals surface area (Å²) in [6.07, 6.45) is -4.15. The zero-order valence-electron chi connectivity index (χ0n) is 17.2. The third kappa shape index (κ3) is 11.1. The van der Waals surface area contributed by atoms with Crippen LogP contribution in [0.4, 0.5) is 29.3 Å². The van der Waals surface area contributed by atoms with Crippen LogP contribution in [-0.4, -0.2) is 55.4 Å². The molecule has 3 N–H and O–H groups in total. The quantitative estimate of drug-likeness (QED) is 0.434. The highest BCUT2D eigenvalue weighted by atomic mass is 35.5. The topological polar surface area (TPSA) is 90.9 Å². The van der Waals surface area contributed by atoms with Gasteiger partial charge in [-0.25, -0.2) is 9.59 Å². The van der Waals surface area contributed by atoms with Crippen molar-refractivity contribution in [2.45, 2.75) is 12.6 Å². The lowest BCUT2D eigenvalue weighted by atomic mass is 10.3. The van der Waals surface area contributed by atoms with Crippen LogP contribution in [0.2, 0.25) is 10.0 Å². The lowest BCUT2D eigenvalue weighted by molar-refractivity contribution is -0.192. The Bertz CT molecular complexity index is 912. The highest BCUT2D eigenvalue weighted by molar-refractivity contribution is 6.42. The summed E-state index contributed by atoms with van der Waals surface area (Å²) in [5.41, 5.74) is 1.20. The number of benzene rings is 2. The summed E-state index contributed by atoms with van der Waals surface area (Å²) in [7, 11) is 4.05. The van der Waals surface area contributed by atoms with Gasteiger partial charge in [-0.15, -0.1) is 0 Å². The van der Waals surface area contributed by atoms with Gasteiger partial charge in [-0.05, 0) is 50.8 Å². The second-order valence-corrected chi connectivity index (χ2v) is 7.36. The Kier molecular flexibility index (Phi) is 11.1. The number of carboxylic acid groups (broad SMARTS) is 1. The number of nitrogens with zero attached hydrogens (tertiary/aromatic N) is 1. The zero-order valence-corrected chi connectivity index (χ0v) is 18.7. The van der Waals surface area contributed by atoms with Gasteiger partial charge in [0.1, 0.15) is 5.75 Å². The Balaban J connectivity index is 0.000000633. The number of hydrogen-bond donors (Lipinski definition) is 3. The molecule has 0 aromatic heterocycles. The van der Waals surface area contributed by atoms with E-state index in [0.29, 0.717) is 33.8 Å². The van der Waals surface area contributed by atoms with E-state index in [1.54, 1.807) is 30.3 Å². The molecular weight excluding hydrogens is 474 g/mol. The molecule has 0 saturated heterocycles. The summed E-state index contributed by atoms with van der Waals surface area (Å²) >= 11 is 11.8. The van der Waals surface area contributed by atoms with Crippen LogP contribution in [0.25, 0.3) is 0 Å². The first-order valence-electron chi connectivity index (χ1n) is 9.09. The average molecular weight is 496 g/mol. The number of anilines is 2. The second-order valence-electron chi connectivity index (χ2n) is 6.54. The highest BCUT2D eigenvalue weighted by Gasteiger charge is 2.38. The number of carbonyl (C=O) groups excluding carboxylic acids is 1. The Morgan fingerprint density at radius 1 is 1.03 bits per heavy atom. The first-order chi connectivity index (χ1) is 14.9. The van der Waals surface area contributed by atoms with E-state index in [2.05, 4.69) is 15.5 Å². The van der Waals surface area contributed by atoms with Crippen LogP contribution in [0.3, 0.4) is 0 Å². The van der Waals surface area contributed by atoms with E-state index in [0.717, 1.165) is 13.0 Å². The van der Waals surface area contributed by atoms with Gasteiger partial charge in [0.15, 0.2) is 0 Å². The molecule has 176 valence electrons. The van der Waals surface area contributed by atoms with Gasteiger partial charge in [0.2, 0.25) is 0 Å². The van der Waals surface area contributed by atoms with E-state index < -0.39 is 12.1 Å². The minimum absolute atomic E-state index is 0.372. The molecule has 0 aliphatic rings. The number of alkyl halides is 3. The average Bonchev–Trinajstić information content (AvgIpc) is 2.68. The van der Waals surface area contributed by atoms with Crippen LogP contribution in [0.1, 0.15) is 6.42 Å². The molecule has 2 rings (SSSR count). The van der Waals surface area contributed by atoms with Crippen molar-refractivity contribution in [1.82, 2.24) is 4.90 Å².